The van der Waals surface area contributed by atoms with Crippen LogP contribution < -0.4 is 5.32 Å². The number of halogens is 1. The summed E-state index contributed by atoms with van der Waals surface area (Å²) in [4.78, 5) is 2.49. The van der Waals surface area contributed by atoms with Gasteiger partial charge in [-0.15, -0.1) is 12.4 Å². The Hall–Kier alpha value is -0.580. The van der Waals surface area contributed by atoms with Gasteiger partial charge in [-0.1, -0.05) is 0 Å². The third-order valence-corrected chi connectivity index (χ3v) is 3.18. The molecule has 1 aromatic heterocycles. The fraction of sp³-hybridized carbons (Fsp3) is 0.769. The molecule has 0 saturated carbocycles. The van der Waals surface area contributed by atoms with Gasteiger partial charge in [0.05, 0.1) is 11.7 Å². The lowest BCUT2D eigenvalue weighted by atomic mass is 10.1. The first-order valence-corrected chi connectivity index (χ1v) is 6.45. The maximum atomic E-state index is 4.45. The second-order valence-electron chi connectivity index (χ2n) is 6.05. The van der Waals surface area contributed by atoms with Crippen molar-refractivity contribution < 1.29 is 0 Å². The average Bonchev–Trinajstić information content (AvgIpc) is 2.65. The Bertz CT molecular complexity index is 369. The Balaban J connectivity index is 0.00000162. The van der Waals surface area contributed by atoms with Gasteiger partial charge in [0.15, 0.2) is 0 Å². The topological polar surface area (TPSA) is 33.1 Å². The van der Waals surface area contributed by atoms with Crippen molar-refractivity contribution in [1.82, 2.24) is 20.0 Å². The van der Waals surface area contributed by atoms with Crippen molar-refractivity contribution in [2.45, 2.75) is 45.8 Å². The van der Waals surface area contributed by atoms with Crippen LogP contribution in [0.4, 0.5) is 0 Å². The molecule has 18 heavy (non-hydrogen) atoms. The summed E-state index contributed by atoms with van der Waals surface area (Å²) in [5.74, 6) is 0. The molecule has 4 nitrogen and oxygen atoms in total. The molecule has 0 amide bonds. The summed E-state index contributed by atoms with van der Waals surface area (Å²) in [5, 5.41) is 7.91. The number of hydrogen-bond donors (Lipinski definition) is 1. The van der Waals surface area contributed by atoms with E-state index in [0.717, 1.165) is 26.2 Å². The van der Waals surface area contributed by atoms with Crippen LogP contribution in [-0.4, -0.2) is 40.4 Å². The van der Waals surface area contributed by atoms with Gasteiger partial charge in [0.2, 0.25) is 0 Å². The minimum Gasteiger partial charge on any atom is -0.312 e. The molecule has 0 aromatic carbocycles. The minimum atomic E-state index is 0. The van der Waals surface area contributed by atoms with E-state index in [1.54, 1.807) is 0 Å². The van der Waals surface area contributed by atoms with Crippen LogP contribution in [0.5, 0.6) is 0 Å². The Morgan fingerprint density at radius 3 is 2.72 bits per heavy atom. The molecule has 1 aliphatic rings. The van der Waals surface area contributed by atoms with Crippen molar-refractivity contribution >= 4 is 12.4 Å². The molecular weight excluding hydrogens is 248 g/mol. The summed E-state index contributed by atoms with van der Waals surface area (Å²) in [6, 6.07) is 0.599. The molecule has 0 aliphatic carbocycles. The normalized spacial score (nSPS) is 21.7. The third-order valence-electron chi connectivity index (χ3n) is 3.18. The zero-order valence-electron chi connectivity index (χ0n) is 11.8. The lowest BCUT2D eigenvalue weighted by Gasteiger charge is -2.31. The molecule has 1 unspecified atom stereocenters. The number of nitrogens with zero attached hydrogens (tertiary/aromatic N) is 3. The summed E-state index contributed by atoms with van der Waals surface area (Å²) < 4.78 is 2.05. The fourth-order valence-electron chi connectivity index (χ4n) is 2.22. The molecule has 5 heteroatoms. The Morgan fingerprint density at radius 1 is 1.44 bits per heavy atom. The zero-order valence-corrected chi connectivity index (χ0v) is 12.6. The van der Waals surface area contributed by atoms with Gasteiger partial charge < -0.3 is 5.32 Å². The van der Waals surface area contributed by atoms with Gasteiger partial charge in [0.1, 0.15) is 0 Å². The lowest BCUT2D eigenvalue weighted by Crippen LogP contribution is -2.48. The minimum absolute atomic E-state index is 0. The number of rotatable bonds is 2. The van der Waals surface area contributed by atoms with E-state index in [1.807, 2.05) is 10.9 Å². The molecule has 0 bridgehead atoms. The summed E-state index contributed by atoms with van der Waals surface area (Å²) in [6.07, 6.45) is 4.17. The van der Waals surface area contributed by atoms with E-state index in [9.17, 15) is 0 Å². The first-order valence-electron chi connectivity index (χ1n) is 6.45. The smallest absolute Gasteiger partial charge is 0.0543 e. The van der Waals surface area contributed by atoms with E-state index in [4.69, 9.17) is 0 Å². The number of hydrogen-bond acceptors (Lipinski definition) is 3. The van der Waals surface area contributed by atoms with Gasteiger partial charge in [-0.05, 0) is 27.7 Å². The van der Waals surface area contributed by atoms with Gasteiger partial charge in [-0.25, -0.2) is 0 Å². The monoisotopic (exact) mass is 272 g/mol. The molecule has 1 saturated heterocycles. The van der Waals surface area contributed by atoms with Gasteiger partial charge >= 0.3 is 0 Å². The number of piperazine rings is 1. The van der Waals surface area contributed by atoms with Gasteiger partial charge in [0.25, 0.3) is 0 Å². The first-order chi connectivity index (χ1) is 7.95. The Kier molecular flexibility index (Phi) is 5.20. The van der Waals surface area contributed by atoms with Crippen LogP contribution in [0.1, 0.15) is 33.3 Å². The first kappa shape index (κ1) is 15.5. The molecule has 1 atom stereocenters. The molecule has 104 valence electrons. The van der Waals surface area contributed by atoms with Crippen molar-refractivity contribution in [3.05, 3.63) is 18.0 Å². The van der Waals surface area contributed by atoms with E-state index < -0.39 is 0 Å². The SMILES string of the molecule is CC1CN(Cc2cnn(C(C)(C)C)c2)CCN1.Cl. The highest BCUT2D eigenvalue weighted by Gasteiger charge is 2.18. The fourth-order valence-corrected chi connectivity index (χ4v) is 2.22. The number of aromatic nitrogens is 2. The van der Waals surface area contributed by atoms with Crippen LogP contribution in [0.25, 0.3) is 0 Å². The highest BCUT2D eigenvalue weighted by atomic mass is 35.5. The van der Waals surface area contributed by atoms with Crippen molar-refractivity contribution in [3.8, 4) is 0 Å². The second-order valence-corrected chi connectivity index (χ2v) is 6.05. The molecule has 2 heterocycles. The molecule has 1 fully saturated rings. The lowest BCUT2D eigenvalue weighted by molar-refractivity contribution is 0.199. The molecule has 2 rings (SSSR count). The Morgan fingerprint density at radius 2 is 2.17 bits per heavy atom. The molecule has 0 radical (unpaired) electrons. The van der Waals surface area contributed by atoms with Crippen LogP contribution in [0.15, 0.2) is 12.4 Å². The van der Waals surface area contributed by atoms with Gasteiger partial charge in [0, 0.05) is 44.0 Å². The quantitative estimate of drug-likeness (QED) is 0.892. The maximum Gasteiger partial charge on any atom is 0.0543 e. The number of nitrogens with one attached hydrogen (secondary N) is 1. The van der Waals surface area contributed by atoms with Crippen LogP contribution >= 0.6 is 12.4 Å². The van der Waals surface area contributed by atoms with Crippen LogP contribution in [0, 0.1) is 0 Å². The third kappa shape index (κ3) is 3.97. The largest absolute Gasteiger partial charge is 0.312 e. The summed E-state index contributed by atoms with van der Waals surface area (Å²) in [7, 11) is 0. The van der Waals surface area contributed by atoms with Crippen LogP contribution in [-0.2, 0) is 12.1 Å². The molecular formula is C13H25ClN4. The summed E-state index contributed by atoms with van der Waals surface area (Å²) in [5.41, 5.74) is 1.39. The van der Waals surface area contributed by atoms with Gasteiger partial charge in [-0.3, -0.25) is 9.58 Å². The second kappa shape index (κ2) is 6.04. The van der Waals surface area contributed by atoms with Crippen molar-refractivity contribution in [3.63, 3.8) is 0 Å². The van der Waals surface area contributed by atoms with Crippen molar-refractivity contribution in [2.75, 3.05) is 19.6 Å². The highest BCUT2D eigenvalue weighted by Crippen LogP contribution is 2.14. The maximum absolute atomic E-state index is 4.45. The van der Waals surface area contributed by atoms with E-state index >= 15 is 0 Å². The Labute approximate surface area is 116 Å². The molecule has 1 aliphatic heterocycles. The van der Waals surface area contributed by atoms with Crippen LogP contribution in [0.2, 0.25) is 0 Å². The predicted molar refractivity (Wildman–Crippen MR) is 77.2 cm³/mol. The summed E-state index contributed by atoms with van der Waals surface area (Å²) >= 11 is 0. The average molecular weight is 273 g/mol. The van der Waals surface area contributed by atoms with Crippen LogP contribution in [0.3, 0.4) is 0 Å². The highest BCUT2D eigenvalue weighted by molar-refractivity contribution is 5.85. The predicted octanol–water partition coefficient (Wildman–Crippen LogP) is 1.85. The van der Waals surface area contributed by atoms with Crippen molar-refractivity contribution in [2.24, 2.45) is 0 Å². The molecule has 1 aromatic rings. The zero-order chi connectivity index (χ0) is 12.5. The standard InChI is InChI=1S/C13H24N4.ClH/c1-11-8-16(6-5-14-11)9-12-7-15-17(10-12)13(2,3)4;/h7,10-11,14H,5-6,8-9H2,1-4H3;1H. The molecule has 1 N–H and O–H groups in total. The van der Waals surface area contributed by atoms with E-state index in [-0.39, 0.29) is 17.9 Å². The van der Waals surface area contributed by atoms with Gasteiger partial charge in [-0.2, -0.15) is 5.10 Å². The van der Waals surface area contributed by atoms with E-state index in [2.05, 4.69) is 49.2 Å². The van der Waals surface area contributed by atoms with Crippen molar-refractivity contribution in [1.29, 1.82) is 0 Å². The molecule has 0 spiro atoms. The summed E-state index contributed by atoms with van der Waals surface area (Å²) in [6.45, 7) is 13.1. The van der Waals surface area contributed by atoms with E-state index in [0.29, 0.717) is 6.04 Å². The van der Waals surface area contributed by atoms with E-state index in [1.165, 1.54) is 5.56 Å².